The predicted molar refractivity (Wildman–Crippen MR) is 65.9 cm³/mol. The smallest absolute Gasteiger partial charge is 0.384 e. The third-order valence-corrected chi connectivity index (χ3v) is 3.08. The quantitative estimate of drug-likeness (QED) is 0.814. The fraction of sp³-hybridized carbons (Fsp3) is 0.357. The number of nitrogens with one attached hydrogen (secondary N) is 1. The highest BCUT2D eigenvalue weighted by atomic mass is 19.4. The van der Waals surface area contributed by atoms with Gasteiger partial charge in [-0.1, -0.05) is 17.9 Å². The van der Waals surface area contributed by atoms with Gasteiger partial charge in [0.05, 0.1) is 0 Å². The summed E-state index contributed by atoms with van der Waals surface area (Å²) < 4.78 is 38.3. The van der Waals surface area contributed by atoms with Crippen molar-refractivity contribution in [1.29, 1.82) is 0 Å². The summed E-state index contributed by atoms with van der Waals surface area (Å²) in [5.74, 6) is 4.23. The molecule has 0 saturated heterocycles. The van der Waals surface area contributed by atoms with Gasteiger partial charge in [0.1, 0.15) is 12.1 Å². The predicted octanol–water partition coefficient (Wildman–Crippen LogP) is 1.86. The molecule has 0 bridgehead atoms. The van der Waals surface area contributed by atoms with Gasteiger partial charge >= 0.3 is 6.18 Å². The number of rotatable bonds is 2. The molecule has 1 aliphatic rings. The summed E-state index contributed by atoms with van der Waals surface area (Å²) in [5.41, 5.74) is -1.49. The van der Waals surface area contributed by atoms with Crippen molar-refractivity contribution in [3.63, 3.8) is 0 Å². The van der Waals surface area contributed by atoms with Crippen molar-refractivity contribution < 1.29 is 23.1 Å². The third-order valence-electron chi connectivity index (χ3n) is 3.08. The molecule has 3 nitrogen and oxygen atoms in total. The van der Waals surface area contributed by atoms with E-state index in [0.717, 1.165) is 0 Å². The van der Waals surface area contributed by atoms with Crippen LogP contribution in [0.2, 0.25) is 0 Å². The van der Waals surface area contributed by atoms with Crippen molar-refractivity contribution in [3.8, 4) is 11.8 Å². The van der Waals surface area contributed by atoms with E-state index < -0.39 is 17.6 Å². The molecule has 0 aliphatic heterocycles. The first kappa shape index (κ1) is 14.4. The zero-order valence-corrected chi connectivity index (χ0v) is 10.4. The molecule has 20 heavy (non-hydrogen) atoms. The number of halogens is 3. The van der Waals surface area contributed by atoms with Gasteiger partial charge in [0.2, 0.25) is 0 Å². The van der Waals surface area contributed by atoms with E-state index in [-0.39, 0.29) is 25.0 Å². The second-order valence-corrected chi connectivity index (χ2v) is 4.57. The first-order valence-electron chi connectivity index (χ1n) is 5.97. The summed E-state index contributed by atoms with van der Waals surface area (Å²) >= 11 is 0. The monoisotopic (exact) mass is 283 g/mol. The standard InChI is InChI=1S/C14H12F3NO2/c15-14(16,17)13(6-7-13)18-12(20)11-5-1-3-10(9-11)4-2-8-19/h1,3,5,9,19H,6-8H2,(H,18,20). The van der Waals surface area contributed by atoms with Crippen molar-refractivity contribution in [1.82, 2.24) is 5.32 Å². The Hall–Kier alpha value is -2.00. The van der Waals surface area contributed by atoms with Crippen LogP contribution in [0.4, 0.5) is 13.2 Å². The Morgan fingerprint density at radius 1 is 1.40 bits per heavy atom. The van der Waals surface area contributed by atoms with E-state index >= 15 is 0 Å². The summed E-state index contributed by atoms with van der Waals surface area (Å²) in [5, 5.41) is 10.6. The lowest BCUT2D eigenvalue weighted by Crippen LogP contribution is -2.47. The van der Waals surface area contributed by atoms with E-state index in [1.165, 1.54) is 18.2 Å². The van der Waals surface area contributed by atoms with Crippen molar-refractivity contribution >= 4 is 5.91 Å². The molecular formula is C14H12F3NO2. The van der Waals surface area contributed by atoms with Gasteiger partial charge in [-0.15, -0.1) is 0 Å². The molecule has 1 aromatic rings. The Balaban J connectivity index is 2.14. The number of aliphatic hydroxyl groups is 1. The lowest BCUT2D eigenvalue weighted by molar-refractivity contribution is -0.163. The minimum Gasteiger partial charge on any atom is -0.384 e. The lowest BCUT2D eigenvalue weighted by atomic mass is 10.1. The lowest BCUT2D eigenvalue weighted by Gasteiger charge is -2.20. The number of carbonyl (C=O) groups excluding carboxylic acids is 1. The maximum atomic E-state index is 12.8. The number of carbonyl (C=O) groups is 1. The second kappa shape index (κ2) is 5.17. The van der Waals surface area contributed by atoms with Crippen molar-refractivity contribution in [2.24, 2.45) is 0 Å². The van der Waals surface area contributed by atoms with Gasteiger partial charge in [-0.25, -0.2) is 0 Å². The number of hydrogen-bond donors (Lipinski definition) is 2. The average Bonchev–Trinajstić information content (AvgIpc) is 3.17. The number of benzene rings is 1. The van der Waals surface area contributed by atoms with Crippen molar-refractivity contribution in [2.45, 2.75) is 24.6 Å². The molecule has 0 spiro atoms. The van der Waals surface area contributed by atoms with Crippen LogP contribution >= 0.6 is 0 Å². The van der Waals surface area contributed by atoms with Gasteiger partial charge in [0.15, 0.2) is 0 Å². The maximum absolute atomic E-state index is 12.8. The molecule has 6 heteroatoms. The summed E-state index contributed by atoms with van der Waals surface area (Å²) in [6, 6.07) is 5.95. The van der Waals surface area contributed by atoms with Crippen LogP contribution in [0.25, 0.3) is 0 Å². The number of alkyl halides is 3. The molecule has 0 aromatic heterocycles. The van der Waals surface area contributed by atoms with Crippen LogP contribution in [0.15, 0.2) is 24.3 Å². The van der Waals surface area contributed by atoms with Gasteiger partial charge in [-0.2, -0.15) is 13.2 Å². The Kier molecular flexibility index (Phi) is 3.73. The van der Waals surface area contributed by atoms with Crippen LogP contribution in [0.1, 0.15) is 28.8 Å². The Labute approximate surface area is 113 Å². The normalized spacial score (nSPS) is 16.0. The van der Waals surface area contributed by atoms with E-state index in [2.05, 4.69) is 11.8 Å². The average molecular weight is 283 g/mol. The summed E-state index contributed by atoms with van der Waals surface area (Å²) in [4.78, 5) is 11.9. The molecule has 106 valence electrons. The second-order valence-electron chi connectivity index (χ2n) is 4.57. The van der Waals surface area contributed by atoms with Crippen LogP contribution in [0, 0.1) is 11.8 Å². The fourth-order valence-electron chi connectivity index (χ4n) is 1.77. The van der Waals surface area contributed by atoms with E-state index in [9.17, 15) is 18.0 Å². The Morgan fingerprint density at radius 3 is 2.65 bits per heavy atom. The number of amides is 1. The zero-order valence-electron chi connectivity index (χ0n) is 10.4. The zero-order chi connectivity index (χ0) is 14.8. The molecule has 1 fully saturated rings. The molecule has 1 aliphatic carbocycles. The molecule has 0 heterocycles. The number of hydrogen-bond acceptors (Lipinski definition) is 2. The molecule has 2 N–H and O–H groups in total. The summed E-state index contributed by atoms with van der Waals surface area (Å²) in [6.07, 6.45) is -4.62. The van der Waals surface area contributed by atoms with Gasteiger partial charge in [-0.05, 0) is 31.0 Å². The SMILES string of the molecule is O=C(NC1(C(F)(F)F)CC1)c1cccc(C#CCO)c1. The highest BCUT2D eigenvalue weighted by molar-refractivity contribution is 5.95. The Bertz CT molecular complexity index is 580. The Morgan fingerprint density at radius 2 is 2.10 bits per heavy atom. The molecule has 2 rings (SSSR count). The van der Waals surface area contributed by atoms with E-state index in [1.807, 2.05) is 5.32 Å². The van der Waals surface area contributed by atoms with Crippen LogP contribution in [0.5, 0.6) is 0 Å². The van der Waals surface area contributed by atoms with Gasteiger partial charge in [0.25, 0.3) is 5.91 Å². The number of aliphatic hydroxyl groups excluding tert-OH is 1. The van der Waals surface area contributed by atoms with E-state index in [0.29, 0.717) is 5.56 Å². The highest BCUT2D eigenvalue weighted by Crippen LogP contribution is 2.49. The molecule has 1 aromatic carbocycles. The summed E-state index contributed by atoms with van der Waals surface area (Å²) in [6.45, 7) is -0.326. The largest absolute Gasteiger partial charge is 0.411 e. The first-order valence-corrected chi connectivity index (χ1v) is 5.97. The van der Waals surface area contributed by atoms with Crippen LogP contribution in [-0.2, 0) is 0 Å². The molecule has 1 saturated carbocycles. The van der Waals surface area contributed by atoms with Crippen molar-refractivity contribution in [2.75, 3.05) is 6.61 Å². The van der Waals surface area contributed by atoms with Gasteiger partial charge in [0, 0.05) is 11.1 Å². The highest BCUT2D eigenvalue weighted by Gasteiger charge is 2.64. The van der Waals surface area contributed by atoms with Crippen LogP contribution in [0.3, 0.4) is 0 Å². The van der Waals surface area contributed by atoms with Gasteiger partial charge < -0.3 is 10.4 Å². The molecule has 0 unspecified atom stereocenters. The van der Waals surface area contributed by atoms with E-state index in [4.69, 9.17) is 5.11 Å². The topological polar surface area (TPSA) is 49.3 Å². The van der Waals surface area contributed by atoms with Crippen LogP contribution < -0.4 is 5.32 Å². The van der Waals surface area contributed by atoms with Crippen LogP contribution in [-0.4, -0.2) is 29.3 Å². The third kappa shape index (κ3) is 2.94. The molecular weight excluding hydrogens is 271 g/mol. The molecule has 0 atom stereocenters. The molecule has 1 amide bonds. The van der Waals surface area contributed by atoms with Gasteiger partial charge in [-0.3, -0.25) is 4.79 Å². The molecule has 0 radical (unpaired) electrons. The first-order chi connectivity index (χ1) is 9.38. The maximum Gasteiger partial charge on any atom is 0.411 e. The summed E-state index contributed by atoms with van der Waals surface area (Å²) in [7, 11) is 0. The van der Waals surface area contributed by atoms with E-state index in [1.54, 1.807) is 6.07 Å². The van der Waals surface area contributed by atoms with Crippen molar-refractivity contribution in [3.05, 3.63) is 35.4 Å². The fourth-order valence-corrected chi connectivity index (χ4v) is 1.77. The minimum atomic E-state index is -4.43. The minimum absolute atomic E-state index is 0.0910.